The lowest BCUT2D eigenvalue weighted by molar-refractivity contribution is -0.154. The number of halogens is 4. The van der Waals surface area contributed by atoms with Gasteiger partial charge in [0.05, 0.1) is 12.2 Å². The van der Waals surface area contributed by atoms with Gasteiger partial charge in [-0.25, -0.2) is 14.2 Å². The van der Waals surface area contributed by atoms with Gasteiger partial charge in [0.25, 0.3) is 0 Å². The molecule has 2 aromatic rings. The number of nitrogens with zero attached hydrogens (tertiary/aromatic N) is 4. The molecule has 1 aliphatic carbocycles. The highest BCUT2D eigenvalue weighted by molar-refractivity contribution is 5.97. The van der Waals surface area contributed by atoms with Crippen LogP contribution in [0.25, 0.3) is 5.57 Å². The predicted octanol–water partition coefficient (Wildman–Crippen LogP) is 7.38. The quantitative estimate of drug-likeness (QED) is 0.341. The molecular weight excluding hydrogens is 512 g/mol. The molecule has 3 unspecified atom stereocenters. The van der Waals surface area contributed by atoms with Crippen LogP contribution in [0.3, 0.4) is 0 Å². The smallest absolute Gasteiger partial charge is 0.422 e. The molecule has 2 amide bonds. The Morgan fingerprint density at radius 3 is 2.51 bits per heavy atom. The molecule has 1 aromatic carbocycles. The number of benzene rings is 1. The van der Waals surface area contributed by atoms with Crippen molar-refractivity contribution in [3.63, 3.8) is 0 Å². The standard InChI is InChI=1S/C29H32F4N4O2/c1-19-5-6-21(22-9-11-24(30)12-10-22)7-8-23(19)16-26-20(2)4-3-15-37(28(38)34-26)17-25-13-14-27(36-35-25)39-18-29(31,32)33/h3,7,9-15,19-20,23H,4-6,8,16-18H2,1-2H3. The Balaban J connectivity index is 1.42. The lowest BCUT2D eigenvalue weighted by atomic mass is 9.82. The van der Waals surface area contributed by atoms with Crippen LogP contribution in [0, 0.1) is 23.6 Å². The predicted molar refractivity (Wildman–Crippen MR) is 140 cm³/mol. The van der Waals surface area contributed by atoms with Crippen LogP contribution < -0.4 is 4.74 Å². The molecule has 0 saturated carbocycles. The van der Waals surface area contributed by atoms with Crippen LogP contribution in [0.4, 0.5) is 22.4 Å². The van der Waals surface area contributed by atoms with E-state index in [1.165, 1.54) is 34.7 Å². The summed E-state index contributed by atoms with van der Waals surface area (Å²) in [5, 5.41) is 7.57. The van der Waals surface area contributed by atoms with Crippen LogP contribution in [-0.4, -0.2) is 39.6 Å². The van der Waals surface area contributed by atoms with Gasteiger partial charge in [-0.2, -0.15) is 13.2 Å². The maximum atomic E-state index is 13.4. The van der Waals surface area contributed by atoms with Gasteiger partial charge in [0, 0.05) is 18.0 Å². The van der Waals surface area contributed by atoms with Gasteiger partial charge in [0.15, 0.2) is 6.61 Å². The lowest BCUT2D eigenvalue weighted by Crippen LogP contribution is -2.28. The minimum Gasteiger partial charge on any atom is -0.467 e. The molecule has 0 spiro atoms. The van der Waals surface area contributed by atoms with Crippen molar-refractivity contribution in [3.05, 3.63) is 71.8 Å². The zero-order valence-electron chi connectivity index (χ0n) is 22.0. The van der Waals surface area contributed by atoms with Gasteiger partial charge >= 0.3 is 12.2 Å². The second-order valence-electron chi connectivity index (χ2n) is 10.3. The van der Waals surface area contributed by atoms with E-state index in [0.29, 0.717) is 24.0 Å². The Bertz CT molecular complexity index is 1220. The Morgan fingerprint density at radius 2 is 1.82 bits per heavy atom. The van der Waals surface area contributed by atoms with Gasteiger partial charge in [-0.15, -0.1) is 10.2 Å². The summed E-state index contributed by atoms with van der Waals surface area (Å²) in [5.41, 5.74) is 3.51. The van der Waals surface area contributed by atoms with E-state index in [9.17, 15) is 22.4 Å². The lowest BCUT2D eigenvalue weighted by Gasteiger charge is -2.26. The van der Waals surface area contributed by atoms with Crippen molar-refractivity contribution in [2.45, 2.75) is 58.7 Å². The molecule has 0 bridgehead atoms. The third-order valence-electron chi connectivity index (χ3n) is 7.27. The van der Waals surface area contributed by atoms with Crippen molar-refractivity contribution in [3.8, 4) is 5.88 Å². The summed E-state index contributed by atoms with van der Waals surface area (Å²) < 4.78 is 55.0. The van der Waals surface area contributed by atoms with Crippen molar-refractivity contribution >= 4 is 17.3 Å². The molecule has 2 heterocycles. The second-order valence-corrected chi connectivity index (χ2v) is 10.3. The number of aliphatic imine (C=N–C) groups is 1. The van der Waals surface area contributed by atoms with Gasteiger partial charge in [0.2, 0.25) is 5.88 Å². The molecule has 0 fully saturated rings. The number of aromatic nitrogens is 2. The number of rotatable bonds is 7. The number of carbonyl (C=O) groups is 1. The molecule has 4 rings (SSSR count). The summed E-state index contributed by atoms with van der Waals surface area (Å²) in [5.74, 6) is 0.364. The van der Waals surface area contributed by atoms with Crippen LogP contribution in [0.1, 0.15) is 57.2 Å². The Morgan fingerprint density at radius 1 is 1.05 bits per heavy atom. The van der Waals surface area contributed by atoms with E-state index in [1.54, 1.807) is 6.20 Å². The van der Waals surface area contributed by atoms with E-state index in [2.05, 4.69) is 39.9 Å². The molecule has 10 heteroatoms. The summed E-state index contributed by atoms with van der Waals surface area (Å²) in [4.78, 5) is 19.0. The number of hydrogen-bond donors (Lipinski definition) is 0. The van der Waals surface area contributed by atoms with Gasteiger partial charge in [-0.1, -0.05) is 38.1 Å². The molecule has 1 aliphatic heterocycles. The molecular formula is C29H32F4N4O2. The monoisotopic (exact) mass is 544 g/mol. The highest BCUT2D eigenvalue weighted by Crippen LogP contribution is 2.35. The first-order chi connectivity index (χ1) is 18.6. The number of hydrogen-bond acceptors (Lipinski definition) is 4. The van der Waals surface area contributed by atoms with E-state index < -0.39 is 18.8 Å². The average Bonchev–Trinajstić information content (AvgIpc) is 3.07. The molecule has 0 saturated heterocycles. The zero-order valence-corrected chi connectivity index (χ0v) is 22.0. The van der Waals surface area contributed by atoms with Crippen LogP contribution in [0.5, 0.6) is 5.88 Å². The number of amides is 2. The van der Waals surface area contributed by atoms with Crippen LogP contribution in [0.15, 0.2) is 59.7 Å². The normalized spacial score (nSPS) is 22.5. The second kappa shape index (κ2) is 12.5. The number of allylic oxidation sites excluding steroid dienone is 3. The van der Waals surface area contributed by atoms with Crippen molar-refractivity contribution in [1.82, 2.24) is 15.1 Å². The Hall–Kier alpha value is -3.56. The summed E-state index contributed by atoms with van der Waals surface area (Å²) in [6.07, 6.45) is 5.55. The molecule has 1 aromatic heterocycles. The van der Waals surface area contributed by atoms with Crippen LogP contribution in [-0.2, 0) is 6.54 Å². The average molecular weight is 545 g/mol. The van der Waals surface area contributed by atoms with Crippen molar-refractivity contribution in [2.24, 2.45) is 22.7 Å². The largest absolute Gasteiger partial charge is 0.467 e. The fraction of sp³-hybridized carbons (Fsp3) is 0.448. The minimum atomic E-state index is -4.47. The first-order valence-corrected chi connectivity index (χ1v) is 13.1. The Kier molecular flexibility index (Phi) is 9.14. The molecule has 39 heavy (non-hydrogen) atoms. The Labute approximate surface area is 225 Å². The van der Waals surface area contributed by atoms with Crippen LogP contribution in [0.2, 0.25) is 0 Å². The highest BCUT2D eigenvalue weighted by atomic mass is 19.4. The maximum absolute atomic E-state index is 13.4. The third kappa shape index (κ3) is 8.21. The summed E-state index contributed by atoms with van der Waals surface area (Å²) >= 11 is 0. The molecule has 0 radical (unpaired) electrons. The van der Waals surface area contributed by atoms with E-state index in [-0.39, 0.29) is 24.2 Å². The molecule has 0 N–H and O–H groups in total. The van der Waals surface area contributed by atoms with Gasteiger partial charge in [-0.05, 0) is 79.2 Å². The van der Waals surface area contributed by atoms with Gasteiger partial charge in [0.1, 0.15) is 5.82 Å². The third-order valence-corrected chi connectivity index (χ3v) is 7.27. The van der Waals surface area contributed by atoms with E-state index >= 15 is 0 Å². The highest BCUT2D eigenvalue weighted by Gasteiger charge is 2.29. The number of urea groups is 1. The first kappa shape index (κ1) is 28.4. The first-order valence-electron chi connectivity index (χ1n) is 13.1. The number of alkyl halides is 3. The molecule has 6 nitrogen and oxygen atoms in total. The van der Waals surface area contributed by atoms with E-state index in [4.69, 9.17) is 0 Å². The SMILES string of the molecule is CC1CC=CN(Cc2ccc(OCC(F)(F)F)nn2)C(=O)N=C1CC1CC=C(c2ccc(F)cc2)CCC1C. The van der Waals surface area contributed by atoms with Crippen molar-refractivity contribution < 1.29 is 27.1 Å². The fourth-order valence-corrected chi connectivity index (χ4v) is 4.82. The van der Waals surface area contributed by atoms with Crippen LogP contribution >= 0.6 is 0 Å². The van der Waals surface area contributed by atoms with Gasteiger partial charge < -0.3 is 4.74 Å². The van der Waals surface area contributed by atoms with Crippen molar-refractivity contribution in [1.29, 1.82) is 0 Å². The fourth-order valence-electron chi connectivity index (χ4n) is 4.82. The number of carbonyl (C=O) groups excluding carboxylic acids is 1. The van der Waals surface area contributed by atoms with Crippen molar-refractivity contribution in [2.75, 3.05) is 6.61 Å². The minimum absolute atomic E-state index is 0.0800. The van der Waals surface area contributed by atoms with E-state index in [0.717, 1.165) is 37.0 Å². The summed E-state index contributed by atoms with van der Waals surface area (Å²) in [6, 6.07) is 8.96. The summed E-state index contributed by atoms with van der Waals surface area (Å²) in [6.45, 7) is 2.93. The molecule has 3 atom stereocenters. The maximum Gasteiger partial charge on any atom is 0.422 e. The summed E-state index contributed by atoms with van der Waals surface area (Å²) in [7, 11) is 0. The van der Waals surface area contributed by atoms with Gasteiger partial charge in [-0.3, -0.25) is 4.90 Å². The molecule has 2 aliphatic rings. The topological polar surface area (TPSA) is 67.7 Å². The van der Waals surface area contributed by atoms with E-state index in [1.807, 2.05) is 18.2 Å². The number of ether oxygens (including phenoxy) is 1. The zero-order chi connectivity index (χ0) is 28.0. The molecule has 208 valence electrons.